The Morgan fingerprint density at radius 2 is 1.79 bits per heavy atom. The Kier molecular flexibility index (Phi) is 4.34. The fraction of sp³-hybridized carbons (Fsp3) is 0.840. The molecule has 4 fully saturated rings. The quantitative estimate of drug-likeness (QED) is 0.597. The van der Waals surface area contributed by atoms with Crippen LogP contribution in [0.3, 0.4) is 0 Å². The van der Waals surface area contributed by atoms with E-state index in [1.54, 1.807) is 4.68 Å². The van der Waals surface area contributed by atoms with Crippen LogP contribution in [0.4, 0.5) is 0 Å². The Morgan fingerprint density at radius 3 is 2.54 bits per heavy atom. The Hall–Kier alpha value is -1.12. The van der Waals surface area contributed by atoms with Crippen molar-refractivity contribution in [2.24, 2.45) is 53.4 Å². The van der Waals surface area contributed by atoms with Gasteiger partial charge < -0.3 is 0 Å². The number of fused-ring (bicyclic) bond motifs is 5. The molecule has 3 heteroatoms. The molecule has 4 saturated carbocycles. The third kappa shape index (κ3) is 2.60. The molecule has 28 heavy (non-hydrogen) atoms. The highest BCUT2D eigenvalue weighted by molar-refractivity contribution is 5.96. The maximum absolute atomic E-state index is 13.3. The van der Waals surface area contributed by atoms with Crippen LogP contribution in [0.15, 0.2) is 12.3 Å². The molecule has 154 valence electrons. The van der Waals surface area contributed by atoms with Crippen LogP contribution in [-0.2, 0) is 7.05 Å². The third-order valence-electron chi connectivity index (χ3n) is 10.2. The molecule has 0 amide bonds. The van der Waals surface area contributed by atoms with Crippen molar-refractivity contribution in [3.63, 3.8) is 0 Å². The zero-order valence-electron chi connectivity index (χ0n) is 18.3. The molecule has 1 heterocycles. The second kappa shape index (κ2) is 6.44. The minimum absolute atomic E-state index is 0.185. The van der Waals surface area contributed by atoms with E-state index in [4.69, 9.17) is 0 Å². The van der Waals surface area contributed by atoms with Gasteiger partial charge >= 0.3 is 0 Å². The van der Waals surface area contributed by atoms with Crippen molar-refractivity contribution in [2.45, 2.75) is 78.6 Å². The second-order valence-electron chi connectivity index (χ2n) is 11.4. The summed E-state index contributed by atoms with van der Waals surface area (Å²) in [5.41, 5.74) is 1.45. The van der Waals surface area contributed by atoms with Crippen LogP contribution in [0, 0.1) is 46.3 Å². The van der Waals surface area contributed by atoms with Crippen LogP contribution >= 0.6 is 0 Å². The van der Waals surface area contributed by atoms with Crippen molar-refractivity contribution in [1.29, 1.82) is 0 Å². The number of carbonyl (C=O) groups is 1. The van der Waals surface area contributed by atoms with Crippen LogP contribution < -0.4 is 0 Å². The van der Waals surface area contributed by atoms with Gasteiger partial charge in [0.15, 0.2) is 5.78 Å². The number of ketones is 1. The van der Waals surface area contributed by atoms with E-state index in [-0.39, 0.29) is 11.3 Å². The Labute approximate surface area is 170 Å². The molecule has 0 spiro atoms. The molecule has 0 bridgehead atoms. The molecule has 3 nitrogen and oxygen atoms in total. The molecule has 1 aromatic rings. The third-order valence-corrected chi connectivity index (χ3v) is 10.2. The molecular formula is C25H38N2O. The largest absolute Gasteiger partial charge is 0.292 e. The van der Waals surface area contributed by atoms with Gasteiger partial charge in [0, 0.05) is 19.2 Å². The molecule has 0 aromatic carbocycles. The molecular weight excluding hydrogens is 344 g/mol. The van der Waals surface area contributed by atoms with Gasteiger partial charge in [-0.2, -0.15) is 5.10 Å². The number of rotatable bonds is 2. The van der Waals surface area contributed by atoms with E-state index < -0.39 is 0 Å². The monoisotopic (exact) mass is 382 g/mol. The lowest BCUT2D eigenvalue weighted by atomic mass is 9.44. The number of hydrogen-bond acceptors (Lipinski definition) is 2. The van der Waals surface area contributed by atoms with Crippen LogP contribution in [0.2, 0.25) is 0 Å². The summed E-state index contributed by atoms with van der Waals surface area (Å²) in [6.45, 7) is 7.58. The zero-order valence-corrected chi connectivity index (χ0v) is 18.3. The first kappa shape index (κ1) is 18.9. The summed E-state index contributed by atoms with van der Waals surface area (Å²) < 4.78 is 1.77. The normalized spacial score (nSPS) is 47.9. The van der Waals surface area contributed by atoms with Crippen LogP contribution in [0.5, 0.6) is 0 Å². The summed E-state index contributed by atoms with van der Waals surface area (Å²) in [5.74, 6) is 4.89. The fourth-order valence-corrected chi connectivity index (χ4v) is 8.63. The van der Waals surface area contributed by atoms with Gasteiger partial charge in [-0.05, 0) is 97.9 Å². The summed E-state index contributed by atoms with van der Waals surface area (Å²) in [5, 5.41) is 4.44. The average molecular weight is 383 g/mol. The lowest BCUT2D eigenvalue weighted by Gasteiger charge is -2.61. The summed E-state index contributed by atoms with van der Waals surface area (Å²) >= 11 is 0. The SMILES string of the molecule is CC1CCC2(C)C(CCC3C2CCC2(C)C(C(=O)c4ccn(C)n4)CCC32)C1. The maximum Gasteiger partial charge on any atom is 0.186 e. The molecule has 0 N–H and O–H groups in total. The highest BCUT2D eigenvalue weighted by Crippen LogP contribution is 2.67. The lowest BCUT2D eigenvalue weighted by molar-refractivity contribution is -0.114. The van der Waals surface area contributed by atoms with Crippen molar-refractivity contribution in [2.75, 3.05) is 0 Å². The molecule has 5 rings (SSSR count). The van der Waals surface area contributed by atoms with Gasteiger partial charge in [-0.1, -0.05) is 27.2 Å². The molecule has 8 atom stereocenters. The van der Waals surface area contributed by atoms with Gasteiger partial charge in [-0.25, -0.2) is 0 Å². The highest BCUT2D eigenvalue weighted by atomic mass is 16.1. The van der Waals surface area contributed by atoms with Crippen LogP contribution in [0.25, 0.3) is 0 Å². The molecule has 4 aliphatic carbocycles. The first-order valence-corrected chi connectivity index (χ1v) is 11.9. The van der Waals surface area contributed by atoms with E-state index in [1.807, 2.05) is 19.3 Å². The van der Waals surface area contributed by atoms with Gasteiger partial charge in [0.25, 0.3) is 0 Å². The Bertz CT molecular complexity index is 768. The van der Waals surface area contributed by atoms with E-state index in [0.717, 1.165) is 36.0 Å². The van der Waals surface area contributed by atoms with Gasteiger partial charge in [0.2, 0.25) is 0 Å². The number of aromatic nitrogens is 2. The predicted octanol–water partition coefficient (Wildman–Crippen LogP) is 5.90. The van der Waals surface area contributed by atoms with E-state index in [9.17, 15) is 4.79 Å². The van der Waals surface area contributed by atoms with E-state index in [2.05, 4.69) is 25.9 Å². The van der Waals surface area contributed by atoms with Crippen molar-refractivity contribution in [3.8, 4) is 0 Å². The maximum atomic E-state index is 13.3. The molecule has 4 aliphatic rings. The first-order chi connectivity index (χ1) is 13.3. The second-order valence-corrected chi connectivity index (χ2v) is 11.4. The molecule has 0 aliphatic heterocycles. The minimum atomic E-state index is 0.185. The molecule has 0 saturated heterocycles. The Morgan fingerprint density at radius 1 is 1.04 bits per heavy atom. The topological polar surface area (TPSA) is 34.9 Å². The number of hydrogen-bond donors (Lipinski definition) is 0. The first-order valence-electron chi connectivity index (χ1n) is 11.9. The number of aryl methyl sites for hydroxylation is 1. The summed E-state index contributed by atoms with van der Waals surface area (Å²) in [4.78, 5) is 13.3. The smallest absolute Gasteiger partial charge is 0.186 e. The zero-order chi connectivity index (χ0) is 19.7. The fourth-order valence-electron chi connectivity index (χ4n) is 8.63. The predicted molar refractivity (Wildman–Crippen MR) is 112 cm³/mol. The number of carbonyl (C=O) groups excluding carboxylic acids is 1. The van der Waals surface area contributed by atoms with Crippen molar-refractivity contribution in [3.05, 3.63) is 18.0 Å². The van der Waals surface area contributed by atoms with E-state index in [1.165, 1.54) is 51.4 Å². The van der Waals surface area contributed by atoms with Gasteiger partial charge in [-0.3, -0.25) is 9.48 Å². The van der Waals surface area contributed by atoms with E-state index in [0.29, 0.717) is 16.9 Å². The van der Waals surface area contributed by atoms with Gasteiger partial charge in [0.1, 0.15) is 5.69 Å². The van der Waals surface area contributed by atoms with Crippen LogP contribution in [0.1, 0.15) is 89.0 Å². The molecule has 0 radical (unpaired) electrons. The summed E-state index contributed by atoms with van der Waals surface area (Å²) in [7, 11) is 1.91. The van der Waals surface area contributed by atoms with Gasteiger partial charge in [0.05, 0.1) is 0 Å². The van der Waals surface area contributed by atoms with E-state index >= 15 is 0 Å². The summed E-state index contributed by atoms with van der Waals surface area (Å²) in [6.07, 6.45) is 14.0. The minimum Gasteiger partial charge on any atom is -0.292 e. The molecule has 1 aromatic heterocycles. The lowest BCUT2D eigenvalue weighted by Crippen LogP contribution is -2.53. The summed E-state index contributed by atoms with van der Waals surface area (Å²) in [6, 6.07) is 1.92. The van der Waals surface area contributed by atoms with Crippen LogP contribution in [-0.4, -0.2) is 15.6 Å². The number of nitrogens with zero attached hydrogens (tertiary/aromatic N) is 2. The van der Waals surface area contributed by atoms with Crippen molar-refractivity contribution < 1.29 is 4.79 Å². The standard InChI is InChI=1S/C25H38N2O/c1-16-9-12-24(2)17(15-16)5-6-18-19-7-8-21(25(19,3)13-10-20(18)24)23(28)22-11-14-27(4)26-22/h11,14,16-21H,5-10,12-13,15H2,1-4H3. The average Bonchev–Trinajstić information content (AvgIpc) is 3.25. The van der Waals surface area contributed by atoms with Crippen molar-refractivity contribution >= 4 is 5.78 Å². The van der Waals surface area contributed by atoms with Gasteiger partial charge in [-0.15, -0.1) is 0 Å². The van der Waals surface area contributed by atoms with Crippen molar-refractivity contribution in [1.82, 2.24) is 9.78 Å². The Balaban J connectivity index is 1.40. The number of Topliss-reactive ketones (excluding diaryl/α,β-unsaturated/α-hetero) is 1. The molecule has 8 unspecified atom stereocenters. The highest BCUT2D eigenvalue weighted by Gasteiger charge is 2.61.